The zero-order valence-corrected chi connectivity index (χ0v) is 12.5. The van der Waals surface area contributed by atoms with Gasteiger partial charge in [0.15, 0.2) is 0 Å². The predicted molar refractivity (Wildman–Crippen MR) is 77.6 cm³/mol. The van der Waals surface area contributed by atoms with Crippen LogP contribution in [0.2, 0.25) is 0 Å². The first-order valence-electron chi connectivity index (χ1n) is 5.95. The summed E-state index contributed by atoms with van der Waals surface area (Å²) in [4.78, 5) is 12.0. The van der Waals surface area contributed by atoms with Crippen molar-refractivity contribution in [3.63, 3.8) is 0 Å². The second-order valence-corrected chi connectivity index (χ2v) is 5.15. The van der Waals surface area contributed by atoms with Gasteiger partial charge in [0.1, 0.15) is 4.47 Å². The van der Waals surface area contributed by atoms with Gasteiger partial charge in [-0.25, -0.2) is 4.68 Å². The fourth-order valence-electron chi connectivity index (χ4n) is 1.45. The van der Waals surface area contributed by atoms with Crippen LogP contribution in [-0.4, -0.2) is 16.3 Å². The Labute approximate surface area is 116 Å². The molecule has 0 aliphatic rings. The third kappa shape index (κ3) is 4.19. The monoisotopic (exact) mass is 311 g/mol. The molecule has 1 N–H and O–H groups in total. The first-order valence-corrected chi connectivity index (χ1v) is 6.74. The lowest BCUT2D eigenvalue weighted by Gasteiger charge is -2.11. The van der Waals surface area contributed by atoms with E-state index in [1.807, 2.05) is 6.92 Å². The average Bonchev–Trinajstić information content (AvgIpc) is 2.32. The largest absolute Gasteiger partial charge is 0.382 e. The van der Waals surface area contributed by atoms with Gasteiger partial charge >= 0.3 is 0 Å². The fourth-order valence-corrected chi connectivity index (χ4v) is 1.90. The number of nitrogens with zero attached hydrogens (tertiary/aromatic N) is 2. The van der Waals surface area contributed by atoms with Crippen molar-refractivity contribution in [1.29, 1.82) is 0 Å². The van der Waals surface area contributed by atoms with Gasteiger partial charge in [0.25, 0.3) is 5.56 Å². The highest BCUT2D eigenvalue weighted by atomic mass is 79.9. The zero-order chi connectivity index (χ0) is 13.5. The average molecular weight is 312 g/mol. The molecule has 0 radical (unpaired) electrons. The van der Waals surface area contributed by atoms with E-state index in [0.717, 1.165) is 12.1 Å². The van der Waals surface area contributed by atoms with Gasteiger partial charge in [-0.2, -0.15) is 5.10 Å². The molecule has 0 aromatic carbocycles. The van der Waals surface area contributed by atoms with Crippen LogP contribution in [0.1, 0.15) is 27.2 Å². The lowest BCUT2D eigenvalue weighted by molar-refractivity contribution is 0.462. The second kappa shape index (κ2) is 7.22. The summed E-state index contributed by atoms with van der Waals surface area (Å²) in [5.41, 5.74) is 0.619. The Morgan fingerprint density at radius 1 is 1.56 bits per heavy atom. The Morgan fingerprint density at radius 2 is 2.28 bits per heavy atom. The Balaban J connectivity index is 2.79. The van der Waals surface area contributed by atoms with Gasteiger partial charge in [-0.15, -0.1) is 11.8 Å². The van der Waals surface area contributed by atoms with Gasteiger partial charge in [-0.05, 0) is 28.8 Å². The molecule has 1 rings (SSSR count). The highest BCUT2D eigenvalue weighted by molar-refractivity contribution is 9.10. The van der Waals surface area contributed by atoms with Crippen molar-refractivity contribution >= 4 is 21.6 Å². The highest BCUT2D eigenvalue weighted by Crippen LogP contribution is 2.16. The van der Waals surface area contributed by atoms with Gasteiger partial charge in [-0.3, -0.25) is 4.79 Å². The van der Waals surface area contributed by atoms with Crippen LogP contribution in [0.5, 0.6) is 0 Å². The van der Waals surface area contributed by atoms with Crippen LogP contribution >= 0.6 is 15.9 Å². The van der Waals surface area contributed by atoms with E-state index in [4.69, 9.17) is 0 Å². The third-order valence-corrected chi connectivity index (χ3v) is 3.03. The van der Waals surface area contributed by atoms with Gasteiger partial charge in [0, 0.05) is 19.5 Å². The summed E-state index contributed by atoms with van der Waals surface area (Å²) < 4.78 is 2.01. The van der Waals surface area contributed by atoms with Gasteiger partial charge in [-0.1, -0.05) is 13.8 Å². The minimum atomic E-state index is -0.102. The standard InChI is InChI=1S/C13H18BrN3O/c1-4-5-6-7-15-11-8-16-17(9-10(2)3)13(18)12(11)14/h8,10,15H,6-7,9H2,1-3H3. The molecule has 5 heteroatoms. The van der Waals surface area contributed by atoms with Crippen LogP contribution in [0.25, 0.3) is 0 Å². The lowest BCUT2D eigenvalue weighted by Crippen LogP contribution is -2.26. The molecule has 4 nitrogen and oxygen atoms in total. The number of hydrogen-bond donors (Lipinski definition) is 1. The Kier molecular flexibility index (Phi) is 5.93. The molecule has 0 spiro atoms. The first kappa shape index (κ1) is 14.8. The Morgan fingerprint density at radius 3 is 2.89 bits per heavy atom. The van der Waals surface area contributed by atoms with Gasteiger partial charge < -0.3 is 5.32 Å². The smallest absolute Gasteiger partial charge is 0.283 e. The quantitative estimate of drug-likeness (QED) is 0.671. The van der Waals surface area contributed by atoms with Gasteiger partial charge in [0.05, 0.1) is 11.9 Å². The maximum Gasteiger partial charge on any atom is 0.283 e. The molecule has 0 fully saturated rings. The molecule has 1 heterocycles. The van der Waals surface area contributed by atoms with Gasteiger partial charge in [0.2, 0.25) is 0 Å². The fraction of sp³-hybridized carbons (Fsp3) is 0.538. The van der Waals surface area contributed by atoms with E-state index in [1.54, 1.807) is 6.20 Å². The van der Waals surface area contributed by atoms with E-state index in [0.29, 0.717) is 23.5 Å². The summed E-state index contributed by atoms with van der Waals surface area (Å²) in [6.07, 6.45) is 2.42. The summed E-state index contributed by atoms with van der Waals surface area (Å²) in [6.45, 7) is 7.24. The molecule has 0 amide bonds. The molecule has 98 valence electrons. The maximum absolute atomic E-state index is 12.0. The van der Waals surface area contributed by atoms with Crippen molar-refractivity contribution < 1.29 is 0 Å². The number of anilines is 1. The summed E-state index contributed by atoms with van der Waals surface area (Å²) >= 11 is 3.32. The SMILES string of the molecule is CC#CCCNc1cnn(CC(C)C)c(=O)c1Br. The van der Waals surface area contributed by atoms with Crippen LogP contribution < -0.4 is 10.9 Å². The van der Waals surface area contributed by atoms with Crippen molar-refractivity contribution in [2.75, 3.05) is 11.9 Å². The van der Waals surface area contributed by atoms with Crippen molar-refractivity contribution in [1.82, 2.24) is 9.78 Å². The van der Waals surface area contributed by atoms with Crippen LogP contribution in [0.4, 0.5) is 5.69 Å². The normalized spacial score (nSPS) is 10.1. The number of hydrogen-bond acceptors (Lipinski definition) is 3. The third-order valence-electron chi connectivity index (χ3n) is 2.27. The molecular weight excluding hydrogens is 294 g/mol. The molecular formula is C13H18BrN3O. The van der Waals surface area contributed by atoms with E-state index in [1.165, 1.54) is 4.68 Å². The summed E-state index contributed by atoms with van der Waals surface area (Å²) in [6, 6.07) is 0. The van der Waals surface area contributed by atoms with E-state index in [-0.39, 0.29) is 5.56 Å². The van der Waals surface area contributed by atoms with E-state index >= 15 is 0 Å². The van der Waals surface area contributed by atoms with Crippen LogP contribution in [0.3, 0.4) is 0 Å². The summed E-state index contributed by atoms with van der Waals surface area (Å²) in [5.74, 6) is 6.18. The summed E-state index contributed by atoms with van der Waals surface area (Å²) in [5, 5.41) is 7.30. The topological polar surface area (TPSA) is 46.9 Å². The second-order valence-electron chi connectivity index (χ2n) is 4.36. The number of nitrogens with one attached hydrogen (secondary N) is 1. The van der Waals surface area contributed by atoms with Crippen LogP contribution in [-0.2, 0) is 6.54 Å². The Hall–Kier alpha value is -1.28. The minimum Gasteiger partial charge on any atom is -0.382 e. The van der Waals surface area contributed by atoms with E-state index in [2.05, 4.69) is 52.0 Å². The van der Waals surface area contributed by atoms with Crippen molar-refractivity contribution in [3.8, 4) is 11.8 Å². The predicted octanol–water partition coefficient (Wildman–Crippen LogP) is 2.49. The van der Waals surface area contributed by atoms with Crippen molar-refractivity contribution in [3.05, 3.63) is 21.0 Å². The molecule has 18 heavy (non-hydrogen) atoms. The van der Waals surface area contributed by atoms with Crippen molar-refractivity contribution in [2.45, 2.75) is 33.7 Å². The number of halogens is 1. The molecule has 1 aromatic heterocycles. The molecule has 0 aliphatic heterocycles. The van der Waals surface area contributed by atoms with Crippen molar-refractivity contribution in [2.24, 2.45) is 5.92 Å². The van der Waals surface area contributed by atoms with E-state index in [9.17, 15) is 4.79 Å². The molecule has 0 atom stereocenters. The van der Waals surface area contributed by atoms with Crippen LogP contribution in [0.15, 0.2) is 15.5 Å². The number of aromatic nitrogens is 2. The summed E-state index contributed by atoms with van der Waals surface area (Å²) in [7, 11) is 0. The van der Waals surface area contributed by atoms with Crippen LogP contribution in [0, 0.1) is 17.8 Å². The first-order chi connectivity index (χ1) is 8.56. The molecule has 1 aromatic rings. The molecule has 0 saturated carbocycles. The molecule has 0 aliphatic carbocycles. The zero-order valence-electron chi connectivity index (χ0n) is 11.0. The minimum absolute atomic E-state index is 0.102. The maximum atomic E-state index is 12.0. The molecule has 0 saturated heterocycles. The number of rotatable bonds is 5. The molecule has 0 unspecified atom stereocenters. The Bertz CT molecular complexity index is 511. The highest BCUT2D eigenvalue weighted by Gasteiger charge is 2.09. The molecule has 0 bridgehead atoms. The lowest BCUT2D eigenvalue weighted by atomic mass is 10.2. The van der Waals surface area contributed by atoms with E-state index < -0.39 is 0 Å².